The molecule has 0 aliphatic rings. The number of aliphatic hydroxyl groups excluding tert-OH is 1. The average molecular weight is 218 g/mol. The highest BCUT2D eigenvalue weighted by atomic mass is 19.4. The summed E-state index contributed by atoms with van der Waals surface area (Å²) in [6.07, 6.45) is -5.39. The Hall–Kier alpha value is -1.03. The summed E-state index contributed by atoms with van der Waals surface area (Å²) in [4.78, 5) is 0. The number of hydrogen-bond acceptors (Lipinski definition) is 1. The lowest BCUT2D eigenvalue weighted by Gasteiger charge is -2.15. The molecule has 0 aliphatic carbocycles. The molecule has 0 aliphatic heterocycles. The maximum atomic E-state index is 12.2. The molecule has 0 amide bonds. The Bertz CT molecular complexity index is 320. The molecular weight excluding hydrogens is 205 g/mol. The number of benzene rings is 1. The molecule has 4 heteroatoms. The van der Waals surface area contributed by atoms with Gasteiger partial charge in [0.2, 0.25) is 0 Å². The largest absolute Gasteiger partial charge is 0.418 e. The lowest BCUT2D eigenvalue weighted by atomic mass is 10.0. The number of hydrogen-bond donors (Lipinski definition) is 1. The Labute approximate surface area is 86.5 Å². The van der Waals surface area contributed by atoms with E-state index >= 15 is 0 Å². The quantitative estimate of drug-likeness (QED) is 0.825. The smallest absolute Gasteiger partial charge is 0.379 e. The highest BCUT2D eigenvalue weighted by molar-refractivity contribution is 5.26. The molecule has 0 saturated heterocycles. The second-order valence-corrected chi connectivity index (χ2v) is 3.44. The molecular formula is C11H13F3O. The van der Waals surface area contributed by atoms with E-state index in [1.807, 2.05) is 6.92 Å². The Morgan fingerprint density at radius 1 is 1.33 bits per heavy atom. The van der Waals surface area contributed by atoms with Crippen LogP contribution in [0.25, 0.3) is 0 Å². The van der Waals surface area contributed by atoms with Crippen molar-refractivity contribution in [2.75, 3.05) is 0 Å². The van der Waals surface area contributed by atoms with Gasteiger partial charge in [-0.3, -0.25) is 0 Å². The van der Waals surface area contributed by atoms with Crippen molar-refractivity contribution in [1.29, 1.82) is 0 Å². The predicted octanol–water partition coefficient (Wildman–Crippen LogP) is 3.23. The van der Waals surface area contributed by atoms with Gasteiger partial charge in [-0.2, -0.15) is 13.2 Å². The third-order valence-corrected chi connectivity index (χ3v) is 2.12. The molecule has 1 atom stereocenters. The number of aliphatic hydroxyl groups is 1. The van der Waals surface area contributed by atoms with E-state index < -0.39 is 12.3 Å². The minimum absolute atomic E-state index is 0.0894. The molecule has 0 fully saturated rings. The van der Waals surface area contributed by atoms with E-state index in [2.05, 4.69) is 0 Å². The maximum Gasteiger partial charge on any atom is 0.418 e. The minimum atomic E-state index is -4.59. The zero-order valence-electron chi connectivity index (χ0n) is 8.38. The van der Waals surface area contributed by atoms with Gasteiger partial charge in [-0.15, -0.1) is 0 Å². The molecule has 15 heavy (non-hydrogen) atoms. The molecule has 1 aromatic carbocycles. The van der Waals surface area contributed by atoms with Crippen molar-refractivity contribution in [2.24, 2.45) is 0 Å². The van der Waals surface area contributed by atoms with E-state index in [4.69, 9.17) is 5.11 Å². The van der Waals surface area contributed by atoms with Crippen LogP contribution in [0.5, 0.6) is 0 Å². The van der Waals surface area contributed by atoms with Crippen molar-refractivity contribution in [2.45, 2.75) is 32.0 Å². The van der Waals surface area contributed by atoms with Gasteiger partial charge >= 0.3 is 6.18 Å². The van der Waals surface area contributed by atoms with Gasteiger partial charge in [0.1, 0.15) is 0 Å². The van der Waals surface area contributed by atoms with Crippen LogP contribution >= 0.6 is 0 Å². The molecule has 0 spiro atoms. The Kier molecular flexibility index (Phi) is 3.74. The van der Waals surface area contributed by atoms with Gasteiger partial charge in [0, 0.05) is 0 Å². The molecule has 0 aromatic heterocycles. The van der Waals surface area contributed by atoms with Gasteiger partial charge in [0.15, 0.2) is 6.10 Å². The highest BCUT2D eigenvalue weighted by Crippen LogP contribution is 2.32. The van der Waals surface area contributed by atoms with Crippen molar-refractivity contribution in [3.05, 3.63) is 35.4 Å². The fraction of sp³-hybridized carbons (Fsp3) is 0.455. The van der Waals surface area contributed by atoms with Gasteiger partial charge in [-0.1, -0.05) is 37.6 Å². The summed E-state index contributed by atoms with van der Waals surface area (Å²) in [6.45, 7) is 1.95. The van der Waals surface area contributed by atoms with Gasteiger partial charge in [0.25, 0.3) is 0 Å². The molecule has 84 valence electrons. The zero-order valence-corrected chi connectivity index (χ0v) is 8.38. The fourth-order valence-corrected chi connectivity index (χ4v) is 1.40. The normalized spacial score (nSPS) is 13.9. The first-order valence-electron chi connectivity index (χ1n) is 4.78. The number of halogens is 3. The van der Waals surface area contributed by atoms with Crippen molar-refractivity contribution in [1.82, 2.24) is 0 Å². The summed E-state index contributed by atoms with van der Waals surface area (Å²) >= 11 is 0. The summed E-state index contributed by atoms with van der Waals surface area (Å²) in [5.74, 6) is 0. The Morgan fingerprint density at radius 2 is 2.00 bits per heavy atom. The fourth-order valence-electron chi connectivity index (χ4n) is 1.40. The third kappa shape index (κ3) is 3.23. The minimum Gasteiger partial charge on any atom is -0.379 e. The van der Waals surface area contributed by atoms with Crippen LogP contribution in [0.3, 0.4) is 0 Å². The van der Waals surface area contributed by atoms with Crippen molar-refractivity contribution in [3.63, 3.8) is 0 Å². The van der Waals surface area contributed by atoms with Crippen LogP contribution in [-0.4, -0.2) is 11.3 Å². The predicted molar refractivity (Wildman–Crippen MR) is 51.5 cm³/mol. The summed E-state index contributed by atoms with van der Waals surface area (Å²) in [5.41, 5.74) is 0.728. The van der Waals surface area contributed by atoms with Crippen LogP contribution < -0.4 is 0 Å². The van der Waals surface area contributed by atoms with E-state index in [0.717, 1.165) is 18.4 Å². The Balaban J connectivity index is 2.90. The van der Waals surface area contributed by atoms with E-state index in [0.29, 0.717) is 0 Å². The second-order valence-electron chi connectivity index (χ2n) is 3.44. The Morgan fingerprint density at radius 3 is 2.53 bits per heavy atom. The summed E-state index contributed by atoms with van der Waals surface area (Å²) < 4.78 is 36.6. The second kappa shape index (κ2) is 4.66. The number of rotatable bonds is 3. The average Bonchev–Trinajstić information content (AvgIpc) is 2.16. The first-order chi connectivity index (χ1) is 6.95. The first kappa shape index (κ1) is 12.0. The standard InChI is InChI=1S/C11H13F3O/c1-2-4-8-5-3-6-9(7-8)10(15)11(12,13)14/h3,5-7,10,15H,2,4H2,1H3/t10-/m0/s1. The number of aryl methyl sites for hydroxylation is 1. The topological polar surface area (TPSA) is 20.2 Å². The van der Waals surface area contributed by atoms with E-state index in [-0.39, 0.29) is 5.56 Å². The lowest BCUT2D eigenvalue weighted by molar-refractivity contribution is -0.206. The lowest BCUT2D eigenvalue weighted by Crippen LogP contribution is -2.20. The van der Waals surface area contributed by atoms with Crippen molar-refractivity contribution in [3.8, 4) is 0 Å². The molecule has 0 saturated carbocycles. The third-order valence-electron chi connectivity index (χ3n) is 2.12. The van der Waals surface area contributed by atoms with Crippen LogP contribution in [-0.2, 0) is 6.42 Å². The van der Waals surface area contributed by atoms with Gasteiger partial charge in [-0.25, -0.2) is 0 Å². The molecule has 0 bridgehead atoms. The first-order valence-corrected chi connectivity index (χ1v) is 4.78. The molecule has 1 rings (SSSR count). The van der Waals surface area contributed by atoms with Gasteiger partial charge in [0.05, 0.1) is 0 Å². The van der Waals surface area contributed by atoms with Crippen LogP contribution in [0.4, 0.5) is 13.2 Å². The van der Waals surface area contributed by atoms with Crippen LogP contribution in [0.15, 0.2) is 24.3 Å². The van der Waals surface area contributed by atoms with Crippen LogP contribution in [0, 0.1) is 0 Å². The zero-order chi connectivity index (χ0) is 11.5. The van der Waals surface area contributed by atoms with E-state index in [1.165, 1.54) is 18.2 Å². The van der Waals surface area contributed by atoms with Gasteiger partial charge < -0.3 is 5.11 Å². The van der Waals surface area contributed by atoms with E-state index in [9.17, 15) is 13.2 Å². The molecule has 1 N–H and O–H groups in total. The van der Waals surface area contributed by atoms with Crippen LogP contribution in [0.2, 0.25) is 0 Å². The van der Waals surface area contributed by atoms with Crippen molar-refractivity contribution >= 4 is 0 Å². The molecule has 1 aromatic rings. The van der Waals surface area contributed by atoms with Crippen LogP contribution in [0.1, 0.15) is 30.6 Å². The molecule has 0 radical (unpaired) electrons. The molecule has 1 nitrogen and oxygen atoms in total. The van der Waals surface area contributed by atoms with Crippen molar-refractivity contribution < 1.29 is 18.3 Å². The van der Waals surface area contributed by atoms with E-state index in [1.54, 1.807) is 6.07 Å². The monoisotopic (exact) mass is 218 g/mol. The van der Waals surface area contributed by atoms with Gasteiger partial charge in [-0.05, 0) is 17.5 Å². The summed E-state index contributed by atoms with van der Waals surface area (Å²) in [5, 5.41) is 9.02. The molecule has 0 heterocycles. The molecule has 0 unspecified atom stereocenters. The summed E-state index contributed by atoms with van der Waals surface area (Å²) in [6, 6.07) is 5.99. The SMILES string of the molecule is CCCc1cccc([C@H](O)C(F)(F)F)c1. The maximum absolute atomic E-state index is 12.2. The highest BCUT2D eigenvalue weighted by Gasteiger charge is 2.39. The summed E-state index contributed by atoms with van der Waals surface area (Å²) in [7, 11) is 0. The number of alkyl halides is 3.